The van der Waals surface area contributed by atoms with E-state index in [1.807, 2.05) is 0 Å². The molecular formula is C25H25F2N3O6S. The number of methoxy groups -OCH3 is 1. The number of benzene rings is 2. The molecule has 37 heavy (non-hydrogen) atoms. The molecule has 1 atom stereocenters. The Kier molecular flexibility index (Phi) is 6.48. The lowest BCUT2D eigenvalue weighted by atomic mass is 9.88. The third-order valence-electron chi connectivity index (χ3n) is 7.28. The van der Waals surface area contributed by atoms with Crippen LogP contribution in [0.15, 0.2) is 35.2 Å². The minimum atomic E-state index is -4.03. The summed E-state index contributed by atoms with van der Waals surface area (Å²) in [6.07, 6.45) is 0.997. The van der Waals surface area contributed by atoms with Gasteiger partial charge in [0.25, 0.3) is 5.91 Å². The van der Waals surface area contributed by atoms with Gasteiger partial charge in [0.05, 0.1) is 7.11 Å². The summed E-state index contributed by atoms with van der Waals surface area (Å²) in [5.41, 5.74) is 1.16. The molecule has 3 aliphatic heterocycles. The number of nitrogens with one attached hydrogen (secondary N) is 1. The van der Waals surface area contributed by atoms with Crippen molar-refractivity contribution in [2.75, 3.05) is 20.2 Å². The highest BCUT2D eigenvalue weighted by Crippen LogP contribution is 2.37. The molecule has 1 unspecified atom stereocenters. The van der Waals surface area contributed by atoms with E-state index in [-0.39, 0.29) is 60.5 Å². The molecule has 196 valence electrons. The van der Waals surface area contributed by atoms with E-state index in [4.69, 9.17) is 4.74 Å². The van der Waals surface area contributed by atoms with Gasteiger partial charge in [-0.3, -0.25) is 19.7 Å². The zero-order valence-electron chi connectivity index (χ0n) is 20.0. The lowest BCUT2D eigenvalue weighted by molar-refractivity contribution is -0.136. The molecule has 9 nitrogen and oxygen atoms in total. The highest BCUT2D eigenvalue weighted by molar-refractivity contribution is 7.89. The standard InChI is InChI=1S/C25H25F2N3O6S/c1-36-21-4-2-16(26)11-22(21)37(34,35)29-8-6-14(7-9-29)17-10-15-13-30(25(33)18(15)12-19(17)27)20-3-5-23(31)28-24(20)32/h2,4,10-12,14,20H,3,5-9,13H2,1H3,(H,28,31,32). The second-order valence-corrected chi connectivity index (χ2v) is 11.3. The zero-order chi connectivity index (χ0) is 26.5. The Morgan fingerprint density at radius 3 is 2.43 bits per heavy atom. The van der Waals surface area contributed by atoms with Crippen molar-refractivity contribution in [3.63, 3.8) is 0 Å². The van der Waals surface area contributed by atoms with Gasteiger partial charge in [0.15, 0.2) is 0 Å². The number of carbonyl (C=O) groups excluding carboxylic acids is 3. The van der Waals surface area contributed by atoms with E-state index in [2.05, 4.69) is 5.32 Å². The quantitative estimate of drug-likeness (QED) is 0.591. The van der Waals surface area contributed by atoms with Crippen LogP contribution in [0.5, 0.6) is 5.75 Å². The van der Waals surface area contributed by atoms with Crippen LogP contribution < -0.4 is 10.1 Å². The number of imide groups is 1. The van der Waals surface area contributed by atoms with Crippen LogP contribution in [0.1, 0.15) is 53.1 Å². The molecule has 2 aromatic rings. The lowest BCUT2D eigenvalue weighted by Gasteiger charge is -2.32. The van der Waals surface area contributed by atoms with E-state index in [1.165, 1.54) is 28.4 Å². The first kappa shape index (κ1) is 25.3. The molecule has 2 saturated heterocycles. The van der Waals surface area contributed by atoms with Gasteiger partial charge in [-0.1, -0.05) is 6.07 Å². The second kappa shape index (κ2) is 9.49. The first-order chi connectivity index (χ1) is 17.6. The summed E-state index contributed by atoms with van der Waals surface area (Å²) in [4.78, 5) is 37.7. The Morgan fingerprint density at radius 2 is 1.76 bits per heavy atom. The minimum Gasteiger partial charge on any atom is -0.495 e. The van der Waals surface area contributed by atoms with Gasteiger partial charge >= 0.3 is 0 Å². The fourth-order valence-electron chi connectivity index (χ4n) is 5.32. The molecule has 1 N–H and O–H groups in total. The number of hydrogen-bond acceptors (Lipinski definition) is 6. The maximum atomic E-state index is 15.2. The van der Waals surface area contributed by atoms with E-state index in [0.717, 1.165) is 12.1 Å². The monoisotopic (exact) mass is 533 g/mol. The van der Waals surface area contributed by atoms with E-state index in [0.29, 0.717) is 24.0 Å². The predicted octanol–water partition coefficient (Wildman–Crippen LogP) is 2.30. The van der Waals surface area contributed by atoms with Crippen molar-refractivity contribution in [2.24, 2.45) is 0 Å². The van der Waals surface area contributed by atoms with Crippen molar-refractivity contribution in [1.29, 1.82) is 0 Å². The number of fused-ring (bicyclic) bond motifs is 1. The van der Waals surface area contributed by atoms with Crippen LogP contribution in [0.2, 0.25) is 0 Å². The summed E-state index contributed by atoms with van der Waals surface area (Å²) < 4.78 is 61.6. The minimum absolute atomic E-state index is 0.0402. The molecule has 3 amide bonds. The van der Waals surface area contributed by atoms with Crippen molar-refractivity contribution < 1.29 is 36.3 Å². The SMILES string of the molecule is COc1ccc(F)cc1S(=O)(=O)N1CCC(c2cc3c(cc2F)C(=O)N(C2CCC(=O)NC2=O)C3)CC1. The van der Waals surface area contributed by atoms with Crippen LogP contribution in [0.4, 0.5) is 8.78 Å². The maximum Gasteiger partial charge on any atom is 0.255 e. The van der Waals surface area contributed by atoms with Crippen molar-refractivity contribution in [3.8, 4) is 5.75 Å². The number of halogens is 2. The molecule has 0 radical (unpaired) electrons. The van der Waals surface area contributed by atoms with Gasteiger partial charge in [0.2, 0.25) is 21.8 Å². The first-order valence-corrected chi connectivity index (χ1v) is 13.3. The molecule has 2 fully saturated rings. The molecule has 0 spiro atoms. The van der Waals surface area contributed by atoms with Gasteiger partial charge in [-0.05, 0) is 60.6 Å². The van der Waals surface area contributed by atoms with Crippen molar-refractivity contribution >= 4 is 27.7 Å². The summed E-state index contributed by atoms with van der Waals surface area (Å²) in [7, 11) is -2.72. The highest BCUT2D eigenvalue weighted by Gasteiger charge is 2.40. The number of amides is 3. The molecule has 2 aromatic carbocycles. The van der Waals surface area contributed by atoms with Gasteiger partial charge in [-0.25, -0.2) is 17.2 Å². The molecular weight excluding hydrogens is 508 g/mol. The van der Waals surface area contributed by atoms with Gasteiger partial charge in [-0.2, -0.15) is 4.31 Å². The molecule has 12 heteroatoms. The Bertz CT molecular complexity index is 1410. The molecule has 3 aliphatic rings. The van der Waals surface area contributed by atoms with Crippen molar-refractivity contribution in [2.45, 2.75) is 49.1 Å². The number of rotatable bonds is 5. The number of ether oxygens (including phenoxy) is 1. The van der Waals surface area contributed by atoms with Crippen LogP contribution in [0, 0.1) is 11.6 Å². The summed E-state index contributed by atoms with van der Waals surface area (Å²) in [5.74, 6) is -2.89. The normalized spacial score (nSPS) is 21.2. The number of piperidine rings is 2. The zero-order valence-corrected chi connectivity index (χ0v) is 20.8. The van der Waals surface area contributed by atoms with Crippen LogP contribution in [-0.4, -0.2) is 61.6 Å². The average Bonchev–Trinajstić information content (AvgIpc) is 3.18. The van der Waals surface area contributed by atoms with Crippen LogP contribution >= 0.6 is 0 Å². The summed E-state index contributed by atoms with van der Waals surface area (Å²) in [5, 5.41) is 2.24. The first-order valence-electron chi connectivity index (χ1n) is 11.9. The lowest BCUT2D eigenvalue weighted by Crippen LogP contribution is -2.52. The topological polar surface area (TPSA) is 113 Å². The molecule has 0 aliphatic carbocycles. The molecule has 0 bridgehead atoms. The second-order valence-electron chi connectivity index (χ2n) is 9.40. The maximum absolute atomic E-state index is 15.2. The number of sulfonamides is 1. The van der Waals surface area contributed by atoms with Gasteiger partial charge in [-0.15, -0.1) is 0 Å². The number of nitrogens with zero attached hydrogens (tertiary/aromatic N) is 2. The number of hydrogen-bond donors (Lipinski definition) is 1. The van der Waals surface area contributed by atoms with Crippen molar-refractivity contribution in [3.05, 3.63) is 58.7 Å². The Labute approximate surface area is 212 Å². The van der Waals surface area contributed by atoms with Gasteiger partial charge in [0, 0.05) is 31.6 Å². The van der Waals surface area contributed by atoms with Crippen molar-refractivity contribution in [1.82, 2.24) is 14.5 Å². The van der Waals surface area contributed by atoms with Gasteiger partial charge < -0.3 is 9.64 Å². The van der Waals surface area contributed by atoms with E-state index in [9.17, 15) is 27.2 Å². The molecule has 3 heterocycles. The average molecular weight is 534 g/mol. The molecule has 0 aromatic heterocycles. The van der Waals surface area contributed by atoms with Crippen LogP contribution in [0.25, 0.3) is 0 Å². The third-order valence-corrected chi connectivity index (χ3v) is 9.20. The Hall–Kier alpha value is -3.38. The predicted molar refractivity (Wildman–Crippen MR) is 126 cm³/mol. The van der Waals surface area contributed by atoms with E-state index < -0.39 is 39.5 Å². The molecule has 5 rings (SSSR count). The van der Waals surface area contributed by atoms with E-state index >= 15 is 4.39 Å². The largest absolute Gasteiger partial charge is 0.495 e. The fourth-order valence-corrected chi connectivity index (χ4v) is 6.96. The Morgan fingerprint density at radius 1 is 1.03 bits per heavy atom. The molecule has 0 saturated carbocycles. The number of carbonyl (C=O) groups is 3. The summed E-state index contributed by atoms with van der Waals surface area (Å²) in [6.45, 7) is 0.329. The summed E-state index contributed by atoms with van der Waals surface area (Å²) >= 11 is 0. The highest BCUT2D eigenvalue weighted by atomic mass is 32.2. The Balaban J connectivity index is 1.32. The van der Waals surface area contributed by atoms with Crippen LogP contribution in [0.3, 0.4) is 0 Å². The summed E-state index contributed by atoms with van der Waals surface area (Å²) in [6, 6.07) is 5.31. The van der Waals surface area contributed by atoms with E-state index in [1.54, 1.807) is 6.07 Å². The van der Waals surface area contributed by atoms with Gasteiger partial charge in [0.1, 0.15) is 28.3 Å². The third kappa shape index (κ3) is 4.48. The van der Waals surface area contributed by atoms with Crippen LogP contribution in [-0.2, 0) is 26.2 Å². The fraction of sp³-hybridized carbons (Fsp3) is 0.400. The smallest absolute Gasteiger partial charge is 0.255 e.